The minimum Gasteiger partial charge on any atom is -0.480 e. The second-order valence-corrected chi connectivity index (χ2v) is 3.42. The fourth-order valence-electron chi connectivity index (χ4n) is 1.43. The van der Waals surface area contributed by atoms with E-state index in [1.165, 1.54) is 12.0 Å². The Hall–Kier alpha value is -1.30. The Balaban J connectivity index is 2.54. The molecular weight excluding hydrogens is 188 g/mol. The van der Waals surface area contributed by atoms with Gasteiger partial charge in [-0.2, -0.15) is 0 Å². The molecule has 0 aromatic carbocycles. The molecule has 0 spiro atoms. The van der Waals surface area contributed by atoms with Gasteiger partial charge >= 0.3 is 12.1 Å². The number of methoxy groups -OCH3 is 1. The zero-order valence-corrected chi connectivity index (χ0v) is 8.02. The third-order valence-corrected chi connectivity index (χ3v) is 2.51. The van der Waals surface area contributed by atoms with Crippen molar-refractivity contribution >= 4 is 12.1 Å². The number of nitrogens with two attached hydrogens (primary N) is 1. The summed E-state index contributed by atoms with van der Waals surface area (Å²) < 4.78 is 4.52. The van der Waals surface area contributed by atoms with Crippen LogP contribution in [-0.2, 0) is 9.53 Å². The first-order valence-corrected chi connectivity index (χ1v) is 4.35. The van der Waals surface area contributed by atoms with Gasteiger partial charge in [-0.15, -0.1) is 0 Å². The van der Waals surface area contributed by atoms with E-state index in [1.54, 1.807) is 0 Å². The summed E-state index contributed by atoms with van der Waals surface area (Å²) in [5.74, 6) is -1.01. The first-order chi connectivity index (χ1) is 6.49. The lowest BCUT2D eigenvalue weighted by atomic mass is 9.89. The molecule has 1 aliphatic heterocycles. The summed E-state index contributed by atoms with van der Waals surface area (Å²) in [7, 11) is 1.30. The van der Waals surface area contributed by atoms with Gasteiger partial charge in [0.05, 0.1) is 7.11 Å². The number of piperidine rings is 1. The maximum Gasteiger partial charge on any atom is 0.409 e. The van der Waals surface area contributed by atoms with Crippen molar-refractivity contribution in [2.75, 3.05) is 20.2 Å². The van der Waals surface area contributed by atoms with Crippen molar-refractivity contribution in [1.29, 1.82) is 0 Å². The van der Waals surface area contributed by atoms with E-state index in [1.807, 2.05) is 0 Å². The summed E-state index contributed by atoms with van der Waals surface area (Å²) in [6, 6.07) is 0. The summed E-state index contributed by atoms with van der Waals surface area (Å²) in [5.41, 5.74) is 4.44. The molecule has 3 N–H and O–H groups in total. The molecule has 0 radical (unpaired) electrons. The van der Waals surface area contributed by atoms with Crippen molar-refractivity contribution in [3.05, 3.63) is 0 Å². The largest absolute Gasteiger partial charge is 0.480 e. The minimum atomic E-state index is -1.19. The van der Waals surface area contributed by atoms with Crippen LogP contribution in [0, 0.1) is 0 Å². The number of ether oxygens (including phenoxy) is 1. The van der Waals surface area contributed by atoms with Gasteiger partial charge in [0, 0.05) is 13.1 Å². The van der Waals surface area contributed by atoms with Gasteiger partial charge in [0.2, 0.25) is 0 Å². The number of nitrogens with zero attached hydrogens (tertiary/aromatic N) is 1. The second-order valence-electron chi connectivity index (χ2n) is 3.42. The van der Waals surface area contributed by atoms with Gasteiger partial charge in [0.25, 0.3) is 0 Å². The molecule has 1 heterocycles. The van der Waals surface area contributed by atoms with Crippen LogP contribution in [0.2, 0.25) is 0 Å². The van der Waals surface area contributed by atoms with E-state index in [-0.39, 0.29) is 12.8 Å². The van der Waals surface area contributed by atoms with E-state index in [0.717, 1.165) is 0 Å². The van der Waals surface area contributed by atoms with Crippen LogP contribution in [0.5, 0.6) is 0 Å². The van der Waals surface area contributed by atoms with Crippen LogP contribution >= 0.6 is 0 Å². The molecule has 6 nitrogen and oxygen atoms in total. The van der Waals surface area contributed by atoms with Gasteiger partial charge in [-0.05, 0) is 12.8 Å². The fourth-order valence-corrected chi connectivity index (χ4v) is 1.43. The molecule has 0 bridgehead atoms. The van der Waals surface area contributed by atoms with Crippen LogP contribution < -0.4 is 5.73 Å². The lowest BCUT2D eigenvalue weighted by Crippen LogP contribution is -2.56. The summed E-state index contributed by atoms with van der Waals surface area (Å²) >= 11 is 0. The molecule has 1 fully saturated rings. The highest BCUT2D eigenvalue weighted by atomic mass is 16.5. The zero-order chi connectivity index (χ0) is 10.8. The number of carbonyl (C=O) groups is 2. The Morgan fingerprint density at radius 2 is 1.93 bits per heavy atom. The Kier molecular flexibility index (Phi) is 2.95. The molecule has 1 amide bonds. The maximum atomic E-state index is 11.1. The van der Waals surface area contributed by atoms with Crippen molar-refractivity contribution in [1.82, 2.24) is 4.90 Å². The highest BCUT2D eigenvalue weighted by molar-refractivity contribution is 5.79. The van der Waals surface area contributed by atoms with E-state index in [4.69, 9.17) is 10.8 Å². The standard InChI is InChI=1S/C8H14N2O4/c1-14-7(13)10-4-2-8(9,3-5-10)6(11)12/h2-5,9H2,1H3,(H,11,12). The van der Waals surface area contributed by atoms with Crippen LogP contribution in [0.4, 0.5) is 4.79 Å². The van der Waals surface area contributed by atoms with E-state index in [0.29, 0.717) is 13.1 Å². The number of hydrogen-bond acceptors (Lipinski definition) is 4. The molecular formula is C8H14N2O4. The van der Waals surface area contributed by atoms with Crippen molar-refractivity contribution in [3.8, 4) is 0 Å². The molecule has 1 rings (SSSR count). The van der Waals surface area contributed by atoms with Gasteiger partial charge < -0.3 is 20.5 Å². The van der Waals surface area contributed by atoms with Gasteiger partial charge in [-0.25, -0.2) is 4.79 Å². The topological polar surface area (TPSA) is 92.9 Å². The fraction of sp³-hybridized carbons (Fsp3) is 0.750. The number of likely N-dealkylation sites (tertiary alicyclic amines) is 1. The molecule has 0 aromatic heterocycles. The Morgan fingerprint density at radius 3 is 2.29 bits per heavy atom. The average Bonchev–Trinajstić information content (AvgIpc) is 2.17. The van der Waals surface area contributed by atoms with Crippen molar-refractivity contribution < 1.29 is 19.4 Å². The number of rotatable bonds is 1. The highest BCUT2D eigenvalue weighted by Crippen LogP contribution is 2.20. The van der Waals surface area contributed by atoms with Crippen LogP contribution in [0.3, 0.4) is 0 Å². The van der Waals surface area contributed by atoms with Gasteiger partial charge in [0.1, 0.15) is 5.54 Å². The number of aliphatic carboxylic acids is 1. The predicted octanol–water partition coefficient (Wildman–Crippen LogP) is -0.369. The van der Waals surface area contributed by atoms with Crippen molar-refractivity contribution in [3.63, 3.8) is 0 Å². The summed E-state index contributed by atoms with van der Waals surface area (Å²) in [4.78, 5) is 23.3. The summed E-state index contributed by atoms with van der Waals surface area (Å²) in [5, 5.41) is 8.82. The molecule has 14 heavy (non-hydrogen) atoms. The monoisotopic (exact) mass is 202 g/mol. The molecule has 0 unspecified atom stereocenters. The second kappa shape index (κ2) is 3.83. The Bertz CT molecular complexity index is 246. The molecule has 0 saturated carbocycles. The maximum absolute atomic E-state index is 11.1. The molecule has 6 heteroatoms. The molecule has 1 saturated heterocycles. The van der Waals surface area contributed by atoms with Crippen molar-refractivity contribution in [2.45, 2.75) is 18.4 Å². The quantitative estimate of drug-likeness (QED) is 0.605. The molecule has 0 aliphatic carbocycles. The summed E-state index contributed by atoms with van der Waals surface area (Å²) in [6.45, 7) is 0.658. The van der Waals surface area contributed by atoms with E-state index < -0.39 is 17.6 Å². The zero-order valence-electron chi connectivity index (χ0n) is 8.02. The molecule has 80 valence electrons. The Labute approximate surface area is 81.6 Å². The third-order valence-electron chi connectivity index (χ3n) is 2.51. The first kappa shape index (κ1) is 10.8. The van der Waals surface area contributed by atoms with Gasteiger partial charge in [-0.1, -0.05) is 0 Å². The van der Waals surface area contributed by atoms with Gasteiger partial charge in [-0.3, -0.25) is 4.79 Å². The smallest absolute Gasteiger partial charge is 0.409 e. The van der Waals surface area contributed by atoms with Crippen LogP contribution in [0.25, 0.3) is 0 Å². The number of carbonyl (C=O) groups excluding carboxylic acids is 1. The average molecular weight is 202 g/mol. The van der Waals surface area contributed by atoms with E-state index in [2.05, 4.69) is 4.74 Å². The highest BCUT2D eigenvalue weighted by Gasteiger charge is 2.38. The lowest BCUT2D eigenvalue weighted by Gasteiger charge is -2.35. The van der Waals surface area contributed by atoms with Crippen LogP contribution in [-0.4, -0.2) is 47.8 Å². The first-order valence-electron chi connectivity index (χ1n) is 4.35. The number of amides is 1. The van der Waals surface area contributed by atoms with Crippen LogP contribution in [0.15, 0.2) is 0 Å². The molecule has 0 aromatic rings. The predicted molar refractivity (Wildman–Crippen MR) is 47.8 cm³/mol. The lowest BCUT2D eigenvalue weighted by molar-refractivity contribution is -0.145. The van der Waals surface area contributed by atoms with E-state index >= 15 is 0 Å². The van der Waals surface area contributed by atoms with Crippen LogP contribution in [0.1, 0.15) is 12.8 Å². The van der Waals surface area contributed by atoms with E-state index in [9.17, 15) is 9.59 Å². The number of carboxylic acid groups (broad SMARTS) is 1. The molecule has 0 atom stereocenters. The normalized spacial score (nSPS) is 20.3. The number of carboxylic acids is 1. The van der Waals surface area contributed by atoms with Gasteiger partial charge in [0.15, 0.2) is 0 Å². The minimum absolute atomic E-state index is 0.261. The summed E-state index contributed by atoms with van der Waals surface area (Å²) in [6.07, 6.45) is 0.0898. The Morgan fingerprint density at radius 1 is 1.43 bits per heavy atom. The molecule has 1 aliphatic rings. The SMILES string of the molecule is COC(=O)N1CCC(N)(C(=O)O)CC1. The third kappa shape index (κ3) is 1.95. The number of hydrogen-bond donors (Lipinski definition) is 2. The van der Waals surface area contributed by atoms with Crippen molar-refractivity contribution in [2.24, 2.45) is 5.73 Å².